The molecule has 0 aliphatic heterocycles. The number of carboxylic acid groups (broad SMARTS) is 1. The molecular formula is C25H17N3O5. The number of benzene rings is 3. The topological polar surface area (TPSA) is 107 Å². The molecule has 0 aliphatic rings. The summed E-state index contributed by atoms with van der Waals surface area (Å²) in [6.45, 7) is -0.454. The highest BCUT2D eigenvalue weighted by Gasteiger charge is 2.16. The molecule has 0 spiro atoms. The van der Waals surface area contributed by atoms with E-state index >= 15 is 0 Å². The molecule has 0 saturated carbocycles. The molecule has 8 nitrogen and oxygen atoms in total. The average molecular weight is 439 g/mol. The predicted molar refractivity (Wildman–Crippen MR) is 124 cm³/mol. The van der Waals surface area contributed by atoms with Crippen LogP contribution >= 0.6 is 0 Å². The van der Waals surface area contributed by atoms with E-state index in [0.717, 1.165) is 5.39 Å². The van der Waals surface area contributed by atoms with Gasteiger partial charge in [0.25, 0.3) is 5.56 Å². The number of carboxylic acids is 1. The molecule has 0 bridgehead atoms. The lowest BCUT2D eigenvalue weighted by Gasteiger charge is -2.07. The first kappa shape index (κ1) is 20.2. The van der Waals surface area contributed by atoms with E-state index in [1.165, 1.54) is 10.9 Å². The molecule has 5 aromatic rings. The third kappa shape index (κ3) is 4.09. The van der Waals surface area contributed by atoms with Crippen molar-refractivity contribution in [2.24, 2.45) is 5.10 Å². The second-order valence-electron chi connectivity index (χ2n) is 7.22. The van der Waals surface area contributed by atoms with Crippen LogP contribution in [0.4, 0.5) is 0 Å². The standard InChI is InChI=1S/C25H17N3O5/c29-23(30)15-32-18-8-5-6-16(12-18)14-26-28-24(22-13-17-7-1-4-11-21(17)33-22)27-20-10-3-2-9-19(20)25(28)31/h1-14H,15H2,(H,29,30). The Hall–Kier alpha value is -4.72. The van der Waals surface area contributed by atoms with Gasteiger partial charge in [0.2, 0.25) is 5.82 Å². The Morgan fingerprint density at radius 2 is 1.88 bits per heavy atom. The Morgan fingerprint density at radius 3 is 2.73 bits per heavy atom. The van der Waals surface area contributed by atoms with Crippen LogP contribution in [0.1, 0.15) is 5.56 Å². The van der Waals surface area contributed by atoms with E-state index in [4.69, 9.17) is 14.3 Å². The van der Waals surface area contributed by atoms with Crippen molar-refractivity contribution in [1.29, 1.82) is 0 Å². The number of aliphatic carboxylic acids is 1. The van der Waals surface area contributed by atoms with Gasteiger partial charge in [0.1, 0.15) is 11.3 Å². The number of hydrogen-bond acceptors (Lipinski definition) is 6. The zero-order valence-corrected chi connectivity index (χ0v) is 17.2. The number of carbonyl (C=O) groups is 1. The monoisotopic (exact) mass is 439 g/mol. The SMILES string of the molecule is O=C(O)COc1cccc(C=Nn2c(-c3cc4ccccc4o3)nc3ccccc3c2=O)c1. The first-order chi connectivity index (χ1) is 16.1. The van der Waals surface area contributed by atoms with Crippen molar-refractivity contribution in [2.75, 3.05) is 6.61 Å². The van der Waals surface area contributed by atoms with E-state index in [9.17, 15) is 9.59 Å². The summed E-state index contributed by atoms with van der Waals surface area (Å²) in [5, 5.41) is 14.5. The van der Waals surface area contributed by atoms with Crippen molar-refractivity contribution in [2.45, 2.75) is 0 Å². The molecule has 5 rings (SSSR count). The number of ether oxygens (including phenoxy) is 1. The summed E-state index contributed by atoms with van der Waals surface area (Å²) in [5.41, 5.74) is 1.49. The molecule has 3 aromatic carbocycles. The minimum Gasteiger partial charge on any atom is -0.482 e. The fourth-order valence-electron chi connectivity index (χ4n) is 3.44. The molecule has 0 aliphatic carbocycles. The summed E-state index contributed by atoms with van der Waals surface area (Å²) in [6, 6.07) is 23.1. The van der Waals surface area contributed by atoms with Crippen LogP contribution in [0.3, 0.4) is 0 Å². The zero-order valence-electron chi connectivity index (χ0n) is 17.2. The minimum atomic E-state index is -1.07. The summed E-state index contributed by atoms with van der Waals surface area (Å²) < 4.78 is 12.4. The van der Waals surface area contributed by atoms with Gasteiger partial charge in [-0.1, -0.05) is 42.5 Å². The van der Waals surface area contributed by atoms with Crippen LogP contribution in [0.5, 0.6) is 5.75 Å². The number of para-hydroxylation sites is 2. The summed E-state index contributed by atoms with van der Waals surface area (Å²) in [5.74, 6) is -0.0136. The van der Waals surface area contributed by atoms with Crippen LogP contribution in [-0.2, 0) is 4.79 Å². The van der Waals surface area contributed by atoms with Crippen LogP contribution in [0.15, 0.2) is 93.2 Å². The molecule has 33 heavy (non-hydrogen) atoms. The summed E-state index contributed by atoms with van der Waals surface area (Å²) in [6.07, 6.45) is 1.48. The average Bonchev–Trinajstić information content (AvgIpc) is 3.26. The van der Waals surface area contributed by atoms with Gasteiger partial charge in [0, 0.05) is 5.39 Å². The van der Waals surface area contributed by atoms with Crippen molar-refractivity contribution in [3.05, 3.63) is 94.8 Å². The highest BCUT2D eigenvalue weighted by atomic mass is 16.5. The van der Waals surface area contributed by atoms with E-state index in [1.54, 1.807) is 42.5 Å². The first-order valence-electron chi connectivity index (χ1n) is 10.1. The van der Waals surface area contributed by atoms with Crippen molar-refractivity contribution in [1.82, 2.24) is 9.66 Å². The van der Waals surface area contributed by atoms with Gasteiger partial charge in [-0.15, -0.1) is 0 Å². The molecule has 0 amide bonds. The van der Waals surface area contributed by atoms with Crippen molar-refractivity contribution >= 4 is 34.1 Å². The van der Waals surface area contributed by atoms with E-state index < -0.39 is 12.6 Å². The molecule has 1 N–H and O–H groups in total. The van der Waals surface area contributed by atoms with Gasteiger partial charge in [-0.2, -0.15) is 9.78 Å². The Kier molecular flexibility index (Phi) is 5.16. The van der Waals surface area contributed by atoms with Gasteiger partial charge in [-0.3, -0.25) is 4.79 Å². The smallest absolute Gasteiger partial charge is 0.341 e. The second kappa shape index (κ2) is 8.43. The van der Waals surface area contributed by atoms with Crippen molar-refractivity contribution < 1.29 is 19.1 Å². The number of nitrogens with zero attached hydrogens (tertiary/aromatic N) is 3. The maximum Gasteiger partial charge on any atom is 0.341 e. The fourth-order valence-corrected chi connectivity index (χ4v) is 3.44. The van der Waals surface area contributed by atoms with E-state index in [1.807, 2.05) is 36.4 Å². The summed E-state index contributed by atoms with van der Waals surface area (Å²) >= 11 is 0. The lowest BCUT2D eigenvalue weighted by atomic mass is 10.2. The molecule has 2 heterocycles. The number of furan rings is 1. The van der Waals surface area contributed by atoms with Gasteiger partial charge in [-0.25, -0.2) is 9.78 Å². The van der Waals surface area contributed by atoms with Gasteiger partial charge in [0.15, 0.2) is 12.4 Å². The molecule has 0 fully saturated rings. The van der Waals surface area contributed by atoms with Crippen molar-refractivity contribution in [3.63, 3.8) is 0 Å². The molecule has 162 valence electrons. The van der Waals surface area contributed by atoms with Crippen LogP contribution in [0.25, 0.3) is 33.5 Å². The molecular weight excluding hydrogens is 422 g/mol. The molecule has 2 aromatic heterocycles. The summed E-state index contributed by atoms with van der Waals surface area (Å²) in [7, 11) is 0. The third-order valence-electron chi connectivity index (χ3n) is 4.94. The van der Waals surface area contributed by atoms with Crippen LogP contribution < -0.4 is 10.3 Å². The van der Waals surface area contributed by atoms with Crippen LogP contribution in [-0.4, -0.2) is 33.6 Å². The van der Waals surface area contributed by atoms with Gasteiger partial charge >= 0.3 is 5.97 Å². The molecule has 0 saturated heterocycles. The molecule has 8 heteroatoms. The number of fused-ring (bicyclic) bond motifs is 2. The Morgan fingerprint density at radius 1 is 1.06 bits per heavy atom. The highest BCUT2D eigenvalue weighted by Crippen LogP contribution is 2.27. The lowest BCUT2D eigenvalue weighted by Crippen LogP contribution is -2.20. The lowest BCUT2D eigenvalue weighted by molar-refractivity contribution is -0.139. The summed E-state index contributed by atoms with van der Waals surface area (Å²) in [4.78, 5) is 28.7. The molecule has 0 radical (unpaired) electrons. The zero-order chi connectivity index (χ0) is 22.8. The molecule has 0 unspecified atom stereocenters. The predicted octanol–water partition coefficient (Wildman–Crippen LogP) is 4.16. The van der Waals surface area contributed by atoms with Gasteiger partial charge in [-0.05, 0) is 42.0 Å². The van der Waals surface area contributed by atoms with Gasteiger partial charge in [0.05, 0.1) is 17.1 Å². The largest absolute Gasteiger partial charge is 0.482 e. The second-order valence-corrected chi connectivity index (χ2v) is 7.22. The Balaban J connectivity index is 1.62. The third-order valence-corrected chi connectivity index (χ3v) is 4.94. The highest BCUT2D eigenvalue weighted by molar-refractivity contribution is 5.85. The van der Waals surface area contributed by atoms with E-state index in [-0.39, 0.29) is 11.4 Å². The van der Waals surface area contributed by atoms with E-state index in [0.29, 0.717) is 33.6 Å². The molecule has 0 atom stereocenters. The number of aromatic nitrogens is 2. The first-order valence-corrected chi connectivity index (χ1v) is 10.1. The maximum absolute atomic E-state index is 13.3. The number of hydrogen-bond donors (Lipinski definition) is 1. The maximum atomic E-state index is 13.3. The Bertz CT molecular complexity index is 1550. The normalized spacial score (nSPS) is 11.4. The Labute approximate surface area is 187 Å². The van der Waals surface area contributed by atoms with Gasteiger partial charge < -0.3 is 14.3 Å². The van der Waals surface area contributed by atoms with Crippen molar-refractivity contribution in [3.8, 4) is 17.3 Å². The van der Waals surface area contributed by atoms with Crippen LogP contribution in [0, 0.1) is 0 Å². The fraction of sp³-hybridized carbons (Fsp3) is 0.0400. The quantitative estimate of drug-likeness (QED) is 0.398. The van der Waals surface area contributed by atoms with E-state index in [2.05, 4.69) is 10.1 Å². The van der Waals surface area contributed by atoms with Crippen LogP contribution in [0.2, 0.25) is 0 Å². The minimum absolute atomic E-state index is 0.268. The number of rotatable bonds is 6.